The number of hydrogen-bond donors (Lipinski definition) is 2. The SMILES string of the molecule is N#CC1CCCCC1Oc1ccc(N)cc1C(=O)O. The third-order valence-corrected chi connectivity index (χ3v) is 3.38. The van der Waals surface area contributed by atoms with Gasteiger partial charge in [-0.05, 0) is 37.5 Å². The van der Waals surface area contributed by atoms with Gasteiger partial charge in [0.2, 0.25) is 0 Å². The molecule has 0 bridgehead atoms. The number of carboxylic acid groups (broad SMARTS) is 1. The van der Waals surface area contributed by atoms with Crippen LogP contribution in [0, 0.1) is 17.2 Å². The topological polar surface area (TPSA) is 96.3 Å². The Labute approximate surface area is 111 Å². The first-order chi connectivity index (χ1) is 9.11. The fourth-order valence-corrected chi connectivity index (χ4v) is 2.37. The summed E-state index contributed by atoms with van der Waals surface area (Å²) in [6.45, 7) is 0. The standard InChI is InChI=1S/C14H16N2O3/c15-8-9-3-1-2-4-12(9)19-13-6-5-10(16)7-11(13)14(17)18/h5-7,9,12H,1-4,16H2,(H,17,18). The monoisotopic (exact) mass is 260 g/mol. The molecular weight excluding hydrogens is 244 g/mol. The number of carboxylic acids is 1. The minimum Gasteiger partial charge on any atom is -0.488 e. The smallest absolute Gasteiger partial charge is 0.339 e. The highest BCUT2D eigenvalue weighted by molar-refractivity contribution is 5.92. The normalized spacial score (nSPS) is 22.5. The average Bonchev–Trinajstić information content (AvgIpc) is 2.41. The summed E-state index contributed by atoms with van der Waals surface area (Å²) in [7, 11) is 0. The number of hydrogen-bond acceptors (Lipinski definition) is 4. The Hall–Kier alpha value is -2.22. The first kappa shape index (κ1) is 13.2. The van der Waals surface area contributed by atoms with Crippen molar-refractivity contribution < 1.29 is 14.6 Å². The maximum absolute atomic E-state index is 11.2. The van der Waals surface area contributed by atoms with Crippen LogP contribution in [0.1, 0.15) is 36.0 Å². The van der Waals surface area contributed by atoms with E-state index in [1.807, 2.05) is 0 Å². The van der Waals surface area contributed by atoms with E-state index >= 15 is 0 Å². The van der Waals surface area contributed by atoms with Gasteiger partial charge >= 0.3 is 5.97 Å². The average molecular weight is 260 g/mol. The van der Waals surface area contributed by atoms with Crippen LogP contribution in [-0.2, 0) is 0 Å². The second kappa shape index (κ2) is 5.61. The van der Waals surface area contributed by atoms with Crippen molar-refractivity contribution in [2.75, 3.05) is 5.73 Å². The van der Waals surface area contributed by atoms with E-state index in [0.29, 0.717) is 5.69 Å². The van der Waals surface area contributed by atoms with Crippen LogP contribution in [-0.4, -0.2) is 17.2 Å². The molecule has 0 aromatic heterocycles. The minimum absolute atomic E-state index is 0.0438. The summed E-state index contributed by atoms with van der Waals surface area (Å²) in [5.74, 6) is -0.964. The van der Waals surface area contributed by atoms with Crippen LogP contribution in [0.4, 0.5) is 5.69 Å². The Balaban J connectivity index is 2.23. The second-order valence-corrected chi connectivity index (χ2v) is 4.74. The number of benzene rings is 1. The predicted molar refractivity (Wildman–Crippen MR) is 69.8 cm³/mol. The van der Waals surface area contributed by atoms with E-state index in [2.05, 4.69) is 6.07 Å². The van der Waals surface area contributed by atoms with Gasteiger partial charge in [0.1, 0.15) is 17.4 Å². The summed E-state index contributed by atoms with van der Waals surface area (Å²) >= 11 is 0. The summed E-state index contributed by atoms with van der Waals surface area (Å²) in [4.78, 5) is 11.2. The summed E-state index contributed by atoms with van der Waals surface area (Å²) in [6, 6.07) is 6.77. The lowest BCUT2D eigenvalue weighted by Gasteiger charge is -2.28. The first-order valence-corrected chi connectivity index (χ1v) is 6.31. The van der Waals surface area contributed by atoms with Crippen molar-refractivity contribution in [2.24, 2.45) is 5.92 Å². The third kappa shape index (κ3) is 2.97. The maximum atomic E-state index is 11.2. The molecule has 3 N–H and O–H groups in total. The van der Waals surface area contributed by atoms with Crippen molar-refractivity contribution in [3.8, 4) is 11.8 Å². The number of rotatable bonds is 3. The molecule has 0 saturated heterocycles. The van der Waals surface area contributed by atoms with E-state index in [1.54, 1.807) is 12.1 Å². The molecule has 0 aliphatic heterocycles. The molecule has 1 aromatic rings. The molecule has 2 atom stereocenters. The number of ether oxygens (including phenoxy) is 1. The highest BCUT2D eigenvalue weighted by Crippen LogP contribution is 2.30. The fraction of sp³-hybridized carbons (Fsp3) is 0.429. The molecular formula is C14H16N2O3. The summed E-state index contributed by atoms with van der Waals surface area (Å²) in [5.41, 5.74) is 6.00. The number of nitriles is 1. The van der Waals surface area contributed by atoms with E-state index < -0.39 is 5.97 Å². The molecule has 1 aromatic carbocycles. The number of anilines is 1. The third-order valence-electron chi connectivity index (χ3n) is 3.38. The molecule has 5 nitrogen and oxygen atoms in total. The molecule has 0 heterocycles. The lowest BCUT2D eigenvalue weighted by molar-refractivity contribution is 0.0680. The van der Waals surface area contributed by atoms with Gasteiger partial charge in [-0.3, -0.25) is 0 Å². The van der Waals surface area contributed by atoms with Gasteiger partial charge in [-0.2, -0.15) is 5.26 Å². The molecule has 0 amide bonds. The lowest BCUT2D eigenvalue weighted by Crippen LogP contribution is -2.29. The maximum Gasteiger partial charge on any atom is 0.339 e. The summed E-state index contributed by atoms with van der Waals surface area (Å²) < 4.78 is 5.75. The molecule has 0 spiro atoms. The molecule has 2 unspecified atom stereocenters. The zero-order chi connectivity index (χ0) is 13.8. The van der Waals surface area contributed by atoms with Gasteiger partial charge in [-0.25, -0.2) is 4.79 Å². The zero-order valence-corrected chi connectivity index (χ0v) is 10.5. The van der Waals surface area contributed by atoms with Gasteiger partial charge in [0, 0.05) is 5.69 Å². The molecule has 1 aliphatic rings. The molecule has 1 aliphatic carbocycles. The van der Waals surface area contributed by atoms with Gasteiger partial charge in [-0.1, -0.05) is 6.42 Å². The Kier molecular flexibility index (Phi) is 3.91. The molecule has 2 rings (SSSR count). The van der Waals surface area contributed by atoms with Crippen LogP contribution < -0.4 is 10.5 Å². The Morgan fingerprint density at radius 1 is 1.42 bits per heavy atom. The van der Waals surface area contributed by atoms with E-state index in [-0.39, 0.29) is 23.3 Å². The van der Waals surface area contributed by atoms with Crippen molar-refractivity contribution in [2.45, 2.75) is 31.8 Å². The quantitative estimate of drug-likeness (QED) is 0.813. The number of nitrogens with two attached hydrogens (primary N) is 1. The van der Waals surface area contributed by atoms with Gasteiger partial charge in [0.05, 0.1) is 12.0 Å². The van der Waals surface area contributed by atoms with Crippen molar-refractivity contribution in [1.82, 2.24) is 0 Å². The van der Waals surface area contributed by atoms with E-state index in [9.17, 15) is 4.79 Å². The lowest BCUT2D eigenvalue weighted by atomic mass is 9.87. The van der Waals surface area contributed by atoms with E-state index in [4.69, 9.17) is 20.8 Å². The fourth-order valence-electron chi connectivity index (χ4n) is 2.37. The summed E-state index contributed by atoms with van der Waals surface area (Å²) in [5, 5.41) is 18.2. The van der Waals surface area contributed by atoms with Crippen LogP contribution in [0.15, 0.2) is 18.2 Å². The highest BCUT2D eigenvalue weighted by Gasteiger charge is 2.27. The summed E-state index contributed by atoms with van der Waals surface area (Å²) in [6.07, 6.45) is 3.37. The first-order valence-electron chi connectivity index (χ1n) is 6.31. The van der Waals surface area contributed by atoms with Crippen molar-refractivity contribution in [3.05, 3.63) is 23.8 Å². The number of nitrogens with zero attached hydrogens (tertiary/aromatic N) is 1. The zero-order valence-electron chi connectivity index (χ0n) is 10.5. The van der Waals surface area contributed by atoms with Crippen molar-refractivity contribution >= 4 is 11.7 Å². The van der Waals surface area contributed by atoms with Gasteiger partial charge in [-0.15, -0.1) is 0 Å². The Morgan fingerprint density at radius 2 is 2.16 bits per heavy atom. The molecule has 19 heavy (non-hydrogen) atoms. The molecule has 5 heteroatoms. The predicted octanol–water partition coefficient (Wildman–Crippen LogP) is 2.43. The molecule has 1 fully saturated rings. The highest BCUT2D eigenvalue weighted by atomic mass is 16.5. The molecule has 1 saturated carbocycles. The molecule has 100 valence electrons. The number of aromatic carboxylic acids is 1. The van der Waals surface area contributed by atoms with Crippen molar-refractivity contribution in [3.63, 3.8) is 0 Å². The minimum atomic E-state index is -1.08. The Morgan fingerprint density at radius 3 is 2.84 bits per heavy atom. The van der Waals surface area contributed by atoms with Crippen molar-refractivity contribution in [1.29, 1.82) is 5.26 Å². The number of nitrogen functional groups attached to an aromatic ring is 1. The van der Waals surface area contributed by atoms with Crippen LogP contribution in [0.25, 0.3) is 0 Å². The van der Waals surface area contributed by atoms with Gasteiger partial charge in [0.15, 0.2) is 0 Å². The molecule has 0 radical (unpaired) electrons. The van der Waals surface area contributed by atoms with Crippen LogP contribution in [0.3, 0.4) is 0 Å². The van der Waals surface area contributed by atoms with E-state index in [1.165, 1.54) is 6.07 Å². The largest absolute Gasteiger partial charge is 0.488 e. The van der Waals surface area contributed by atoms with Gasteiger partial charge < -0.3 is 15.6 Å². The van der Waals surface area contributed by atoms with Crippen LogP contribution in [0.2, 0.25) is 0 Å². The second-order valence-electron chi connectivity index (χ2n) is 4.74. The Bertz CT molecular complexity index is 522. The van der Waals surface area contributed by atoms with E-state index in [0.717, 1.165) is 25.7 Å². The van der Waals surface area contributed by atoms with Gasteiger partial charge in [0.25, 0.3) is 0 Å². The number of carbonyl (C=O) groups is 1. The van der Waals surface area contributed by atoms with Crippen LogP contribution >= 0.6 is 0 Å². The van der Waals surface area contributed by atoms with Crippen LogP contribution in [0.5, 0.6) is 5.75 Å².